The Morgan fingerprint density at radius 2 is 1.73 bits per heavy atom. The van der Waals surface area contributed by atoms with Crippen molar-refractivity contribution in [1.29, 1.82) is 0 Å². The summed E-state index contributed by atoms with van der Waals surface area (Å²) in [6.45, 7) is 6.48. The molecule has 1 atom stereocenters. The van der Waals surface area contributed by atoms with Crippen molar-refractivity contribution < 1.29 is 14.6 Å². The van der Waals surface area contributed by atoms with Gasteiger partial charge in [0.05, 0.1) is 28.4 Å². The van der Waals surface area contributed by atoms with Crippen molar-refractivity contribution >= 4 is 34.9 Å². The number of aliphatic hydroxyl groups is 1. The van der Waals surface area contributed by atoms with E-state index in [0.29, 0.717) is 34.9 Å². The quantitative estimate of drug-likeness (QED) is 0.570. The standard InChI is InChI=1S/C28H36Cl2N4O3/c29-25-7-6-22(18-26(25)30)31-27(35)33-14-12-32(13-15-33)19-24-20-34(16-17-37-24)23-8-10-28(36,11-9-23)21-4-2-1-3-5-21/h1-7,18,23-24,36H,8-17,19-20H2,(H,31,35)/t23?,24-,28?/m0/s1. The van der Waals surface area contributed by atoms with E-state index in [1.807, 2.05) is 35.2 Å². The first-order valence-electron chi connectivity index (χ1n) is 13.3. The molecule has 200 valence electrons. The van der Waals surface area contributed by atoms with E-state index in [4.69, 9.17) is 27.9 Å². The number of amides is 2. The number of benzene rings is 2. The molecule has 7 nitrogen and oxygen atoms in total. The lowest BCUT2D eigenvalue weighted by atomic mass is 9.77. The number of urea groups is 1. The number of piperazine rings is 1. The Morgan fingerprint density at radius 1 is 1.00 bits per heavy atom. The minimum Gasteiger partial charge on any atom is -0.385 e. The molecular weight excluding hydrogens is 511 g/mol. The zero-order chi connectivity index (χ0) is 25.8. The SMILES string of the molecule is O=C(Nc1ccc(Cl)c(Cl)c1)N1CCN(C[C@H]2CN(C3CCC(O)(c4ccccc4)CC3)CCO2)CC1. The summed E-state index contributed by atoms with van der Waals surface area (Å²) in [5, 5.41) is 15.0. The van der Waals surface area contributed by atoms with E-state index >= 15 is 0 Å². The van der Waals surface area contributed by atoms with E-state index in [0.717, 1.165) is 70.6 Å². The van der Waals surface area contributed by atoms with Crippen LogP contribution in [0.3, 0.4) is 0 Å². The van der Waals surface area contributed by atoms with Crippen molar-refractivity contribution in [2.45, 2.75) is 43.4 Å². The van der Waals surface area contributed by atoms with Crippen LogP contribution in [0.2, 0.25) is 10.0 Å². The molecular formula is C28H36Cl2N4O3. The Morgan fingerprint density at radius 3 is 2.43 bits per heavy atom. The van der Waals surface area contributed by atoms with Gasteiger partial charge in [-0.2, -0.15) is 0 Å². The third-order valence-corrected chi connectivity index (χ3v) is 8.81. The molecule has 0 radical (unpaired) electrons. The van der Waals surface area contributed by atoms with Gasteiger partial charge in [0.25, 0.3) is 0 Å². The molecule has 9 heteroatoms. The first-order valence-corrected chi connectivity index (χ1v) is 14.0. The summed E-state index contributed by atoms with van der Waals surface area (Å²) >= 11 is 12.0. The van der Waals surface area contributed by atoms with Crippen LogP contribution in [0, 0.1) is 0 Å². The Hall–Kier alpha value is -1.87. The van der Waals surface area contributed by atoms with Crippen molar-refractivity contribution in [2.75, 3.05) is 57.7 Å². The molecule has 3 fully saturated rings. The fraction of sp³-hybridized carbons (Fsp3) is 0.536. The number of anilines is 1. The lowest BCUT2D eigenvalue weighted by Crippen LogP contribution is -2.55. The van der Waals surface area contributed by atoms with Gasteiger partial charge in [-0.3, -0.25) is 9.80 Å². The summed E-state index contributed by atoms with van der Waals surface area (Å²) in [5.74, 6) is 0. The Labute approximate surface area is 229 Å². The van der Waals surface area contributed by atoms with Crippen LogP contribution in [0.4, 0.5) is 10.5 Å². The number of hydrogen-bond acceptors (Lipinski definition) is 5. The zero-order valence-corrected chi connectivity index (χ0v) is 22.6. The molecule has 2 aromatic rings. The summed E-state index contributed by atoms with van der Waals surface area (Å²) in [5.41, 5.74) is 0.982. The molecule has 2 saturated heterocycles. The topological polar surface area (TPSA) is 68.3 Å². The van der Waals surface area contributed by atoms with Crippen molar-refractivity contribution in [3.8, 4) is 0 Å². The highest BCUT2D eigenvalue weighted by atomic mass is 35.5. The average Bonchev–Trinajstić information content (AvgIpc) is 2.92. The molecule has 3 aliphatic rings. The summed E-state index contributed by atoms with van der Waals surface area (Å²) in [6, 6.07) is 15.6. The second-order valence-electron chi connectivity index (χ2n) is 10.5. The zero-order valence-electron chi connectivity index (χ0n) is 21.1. The molecule has 1 aliphatic carbocycles. The highest BCUT2D eigenvalue weighted by molar-refractivity contribution is 6.42. The second-order valence-corrected chi connectivity index (χ2v) is 11.3. The number of carbonyl (C=O) groups is 1. The number of nitrogens with one attached hydrogen (secondary N) is 1. The average molecular weight is 548 g/mol. The van der Waals surface area contributed by atoms with Gasteiger partial charge < -0.3 is 20.1 Å². The molecule has 0 aromatic heterocycles. The maximum Gasteiger partial charge on any atom is 0.321 e. The van der Waals surface area contributed by atoms with Gasteiger partial charge in [0.2, 0.25) is 0 Å². The minimum atomic E-state index is -0.699. The molecule has 2 heterocycles. The van der Waals surface area contributed by atoms with E-state index in [9.17, 15) is 9.90 Å². The van der Waals surface area contributed by atoms with Crippen molar-refractivity contribution in [3.05, 3.63) is 64.1 Å². The number of ether oxygens (including phenoxy) is 1. The van der Waals surface area contributed by atoms with Gasteiger partial charge in [0.15, 0.2) is 0 Å². The fourth-order valence-electron chi connectivity index (χ4n) is 5.86. The summed E-state index contributed by atoms with van der Waals surface area (Å²) in [4.78, 5) is 19.5. The maximum atomic E-state index is 12.7. The first-order chi connectivity index (χ1) is 17.9. The molecule has 5 rings (SSSR count). The molecule has 0 bridgehead atoms. The van der Waals surface area contributed by atoms with E-state index in [1.54, 1.807) is 18.2 Å². The lowest BCUT2D eigenvalue weighted by Gasteiger charge is -2.45. The van der Waals surface area contributed by atoms with Crippen LogP contribution in [-0.2, 0) is 10.3 Å². The van der Waals surface area contributed by atoms with Crippen molar-refractivity contribution in [3.63, 3.8) is 0 Å². The van der Waals surface area contributed by atoms with Gasteiger partial charge in [-0.25, -0.2) is 4.79 Å². The molecule has 1 saturated carbocycles. The van der Waals surface area contributed by atoms with E-state index < -0.39 is 5.60 Å². The lowest BCUT2D eigenvalue weighted by molar-refractivity contribution is -0.0794. The van der Waals surface area contributed by atoms with Gasteiger partial charge in [0, 0.05) is 57.5 Å². The smallest absolute Gasteiger partial charge is 0.321 e. The predicted molar refractivity (Wildman–Crippen MR) is 147 cm³/mol. The third-order valence-electron chi connectivity index (χ3n) is 8.07. The Bertz CT molecular complexity index is 1060. The van der Waals surface area contributed by atoms with E-state index in [-0.39, 0.29) is 12.1 Å². The van der Waals surface area contributed by atoms with Crippen LogP contribution in [0.25, 0.3) is 0 Å². The number of rotatable bonds is 5. The largest absolute Gasteiger partial charge is 0.385 e. The van der Waals surface area contributed by atoms with Gasteiger partial charge in [-0.05, 0) is 49.4 Å². The van der Waals surface area contributed by atoms with Crippen LogP contribution >= 0.6 is 23.2 Å². The predicted octanol–water partition coefficient (Wildman–Crippen LogP) is 4.67. The Kier molecular flexibility index (Phi) is 8.59. The van der Waals surface area contributed by atoms with Crippen LogP contribution in [0.1, 0.15) is 31.2 Å². The highest BCUT2D eigenvalue weighted by Crippen LogP contribution is 2.38. The molecule has 0 spiro atoms. The number of hydrogen-bond donors (Lipinski definition) is 2. The number of halogens is 2. The van der Waals surface area contributed by atoms with Crippen LogP contribution in [0.15, 0.2) is 48.5 Å². The fourth-order valence-corrected chi connectivity index (χ4v) is 6.16. The van der Waals surface area contributed by atoms with Gasteiger partial charge in [-0.1, -0.05) is 53.5 Å². The number of carbonyl (C=O) groups excluding carboxylic acids is 1. The second kappa shape index (κ2) is 11.9. The van der Waals surface area contributed by atoms with E-state index in [1.165, 1.54) is 0 Å². The number of nitrogens with zero attached hydrogens (tertiary/aromatic N) is 3. The summed E-state index contributed by atoms with van der Waals surface area (Å²) in [7, 11) is 0. The van der Waals surface area contributed by atoms with Crippen molar-refractivity contribution in [2.24, 2.45) is 0 Å². The normalized spacial score (nSPS) is 27.7. The van der Waals surface area contributed by atoms with Gasteiger partial charge in [-0.15, -0.1) is 0 Å². The molecule has 2 aliphatic heterocycles. The summed E-state index contributed by atoms with van der Waals surface area (Å²) in [6.07, 6.45) is 3.78. The molecule has 37 heavy (non-hydrogen) atoms. The highest BCUT2D eigenvalue weighted by Gasteiger charge is 2.38. The van der Waals surface area contributed by atoms with Gasteiger partial charge in [0.1, 0.15) is 0 Å². The Balaban J connectivity index is 1.06. The number of morpholine rings is 1. The van der Waals surface area contributed by atoms with Crippen LogP contribution in [0.5, 0.6) is 0 Å². The van der Waals surface area contributed by atoms with Crippen molar-refractivity contribution in [1.82, 2.24) is 14.7 Å². The minimum absolute atomic E-state index is 0.120. The third kappa shape index (κ3) is 6.59. The van der Waals surface area contributed by atoms with Gasteiger partial charge >= 0.3 is 6.03 Å². The van der Waals surface area contributed by atoms with Crippen LogP contribution in [-0.4, -0.2) is 90.4 Å². The molecule has 2 N–H and O–H groups in total. The van der Waals surface area contributed by atoms with Crippen LogP contribution < -0.4 is 5.32 Å². The summed E-state index contributed by atoms with van der Waals surface area (Å²) < 4.78 is 6.14. The maximum absolute atomic E-state index is 12.7. The molecule has 0 unspecified atom stereocenters. The molecule has 2 aromatic carbocycles. The van der Waals surface area contributed by atoms with E-state index in [2.05, 4.69) is 15.1 Å². The molecule has 2 amide bonds. The first kappa shape index (κ1) is 26.7. The monoisotopic (exact) mass is 546 g/mol.